The lowest BCUT2D eigenvalue weighted by Gasteiger charge is -2.35. The highest BCUT2D eigenvalue weighted by atomic mass is 16.1. The Hall–Kier alpha value is -1.19. The van der Waals surface area contributed by atoms with E-state index in [1.165, 1.54) is 18.4 Å². The van der Waals surface area contributed by atoms with E-state index in [1.807, 2.05) is 12.1 Å². The summed E-state index contributed by atoms with van der Waals surface area (Å²) in [5.74, 6) is 0.335. The van der Waals surface area contributed by atoms with Gasteiger partial charge in [0, 0.05) is 11.6 Å². The minimum Gasteiger partial charge on any atom is -0.317 e. The standard InChI is InChI=1S/C18H26N2O/c1-2-14-5-3-6-15(13-14)18(21)17-7-4-12-20(17)16-8-10-19-11-9-16/h3,5-6,13,16-17,19H,2,4,7-12H2,1H3. The molecule has 3 nitrogen and oxygen atoms in total. The second-order valence-corrected chi connectivity index (χ2v) is 6.30. The van der Waals surface area contributed by atoms with Crippen molar-refractivity contribution in [1.29, 1.82) is 0 Å². The number of piperidine rings is 1. The van der Waals surface area contributed by atoms with Crippen molar-refractivity contribution in [1.82, 2.24) is 10.2 Å². The fourth-order valence-electron chi connectivity index (χ4n) is 3.78. The van der Waals surface area contributed by atoms with Crippen molar-refractivity contribution in [2.45, 2.75) is 51.1 Å². The molecular formula is C18H26N2O. The third kappa shape index (κ3) is 3.19. The van der Waals surface area contributed by atoms with Crippen LogP contribution in [0.25, 0.3) is 0 Å². The molecule has 0 aromatic heterocycles. The summed E-state index contributed by atoms with van der Waals surface area (Å²) in [6, 6.07) is 8.91. The molecule has 0 bridgehead atoms. The van der Waals surface area contributed by atoms with Gasteiger partial charge in [-0.2, -0.15) is 0 Å². The van der Waals surface area contributed by atoms with Crippen molar-refractivity contribution in [3.63, 3.8) is 0 Å². The Balaban J connectivity index is 1.75. The van der Waals surface area contributed by atoms with Crippen molar-refractivity contribution in [3.05, 3.63) is 35.4 Å². The zero-order chi connectivity index (χ0) is 14.7. The molecule has 0 spiro atoms. The van der Waals surface area contributed by atoms with Crippen LogP contribution in [0.2, 0.25) is 0 Å². The summed E-state index contributed by atoms with van der Waals surface area (Å²) in [5.41, 5.74) is 2.16. The second kappa shape index (κ2) is 6.71. The first kappa shape index (κ1) is 14.7. The molecule has 1 aromatic rings. The number of carbonyl (C=O) groups excluding carboxylic acids is 1. The Bertz CT molecular complexity index is 494. The van der Waals surface area contributed by atoms with E-state index < -0.39 is 0 Å². The van der Waals surface area contributed by atoms with Crippen molar-refractivity contribution < 1.29 is 4.79 Å². The maximum absolute atomic E-state index is 12.9. The summed E-state index contributed by atoms with van der Waals surface area (Å²) >= 11 is 0. The molecule has 2 fully saturated rings. The number of aryl methyl sites for hydroxylation is 1. The fourth-order valence-corrected chi connectivity index (χ4v) is 3.78. The maximum atomic E-state index is 12.9. The van der Waals surface area contributed by atoms with Gasteiger partial charge in [0.15, 0.2) is 5.78 Å². The first-order valence-electron chi connectivity index (χ1n) is 8.39. The highest BCUT2D eigenvalue weighted by Gasteiger charge is 2.35. The first-order chi connectivity index (χ1) is 10.3. The van der Waals surface area contributed by atoms with Gasteiger partial charge in [-0.25, -0.2) is 0 Å². The van der Waals surface area contributed by atoms with Gasteiger partial charge in [-0.05, 0) is 63.4 Å². The molecule has 1 aromatic carbocycles. The van der Waals surface area contributed by atoms with Gasteiger partial charge in [0.25, 0.3) is 0 Å². The Morgan fingerprint density at radius 3 is 2.86 bits per heavy atom. The summed E-state index contributed by atoms with van der Waals surface area (Å²) in [6.07, 6.45) is 5.54. The number of benzene rings is 1. The number of hydrogen-bond acceptors (Lipinski definition) is 3. The van der Waals surface area contributed by atoms with Crippen LogP contribution in [0.1, 0.15) is 48.5 Å². The van der Waals surface area contributed by atoms with Gasteiger partial charge in [0.05, 0.1) is 6.04 Å². The predicted octanol–water partition coefficient (Wildman–Crippen LogP) is 2.65. The number of Topliss-reactive ketones (excluding diaryl/α,β-unsaturated/α-hetero) is 1. The molecular weight excluding hydrogens is 260 g/mol. The average molecular weight is 286 g/mol. The number of rotatable bonds is 4. The summed E-state index contributed by atoms with van der Waals surface area (Å²) in [4.78, 5) is 15.4. The molecule has 2 heterocycles. The van der Waals surface area contributed by atoms with Crippen LogP contribution >= 0.6 is 0 Å². The molecule has 0 radical (unpaired) electrons. The van der Waals surface area contributed by atoms with Gasteiger partial charge < -0.3 is 5.32 Å². The monoisotopic (exact) mass is 286 g/mol. The van der Waals surface area contributed by atoms with Crippen LogP contribution in [-0.2, 0) is 6.42 Å². The quantitative estimate of drug-likeness (QED) is 0.864. The van der Waals surface area contributed by atoms with E-state index >= 15 is 0 Å². The van der Waals surface area contributed by atoms with Gasteiger partial charge in [0.1, 0.15) is 0 Å². The van der Waals surface area contributed by atoms with E-state index in [0.29, 0.717) is 11.8 Å². The fraction of sp³-hybridized carbons (Fsp3) is 0.611. The summed E-state index contributed by atoms with van der Waals surface area (Å²) in [7, 11) is 0. The van der Waals surface area contributed by atoms with Gasteiger partial charge in [-0.15, -0.1) is 0 Å². The SMILES string of the molecule is CCc1cccc(C(=O)C2CCCN2C2CCNCC2)c1. The highest BCUT2D eigenvalue weighted by Crippen LogP contribution is 2.27. The predicted molar refractivity (Wildman–Crippen MR) is 85.8 cm³/mol. The molecule has 21 heavy (non-hydrogen) atoms. The van der Waals surface area contributed by atoms with Crippen LogP contribution in [0, 0.1) is 0 Å². The zero-order valence-electron chi connectivity index (χ0n) is 13.0. The molecule has 0 amide bonds. The van der Waals surface area contributed by atoms with Gasteiger partial charge >= 0.3 is 0 Å². The minimum absolute atomic E-state index is 0.111. The van der Waals surface area contributed by atoms with Crippen LogP contribution in [0.3, 0.4) is 0 Å². The minimum atomic E-state index is 0.111. The van der Waals surface area contributed by atoms with Crippen LogP contribution < -0.4 is 5.32 Å². The van der Waals surface area contributed by atoms with Crippen molar-refractivity contribution in [2.75, 3.05) is 19.6 Å². The molecule has 2 aliphatic rings. The van der Waals surface area contributed by atoms with Crippen LogP contribution in [0.5, 0.6) is 0 Å². The molecule has 114 valence electrons. The number of carbonyl (C=O) groups is 1. The highest BCUT2D eigenvalue weighted by molar-refractivity contribution is 6.00. The Morgan fingerprint density at radius 2 is 2.10 bits per heavy atom. The van der Waals surface area contributed by atoms with Crippen LogP contribution in [0.15, 0.2) is 24.3 Å². The van der Waals surface area contributed by atoms with Crippen molar-refractivity contribution in [3.8, 4) is 0 Å². The Morgan fingerprint density at radius 1 is 1.29 bits per heavy atom. The second-order valence-electron chi connectivity index (χ2n) is 6.30. The summed E-state index contributed by atoms with van der Waals surface area (Å²) in [5, 5.41) is 3.42. The molecule has 2 aliphatic heterocycles. The number of hydrogen-bond donors (Lipinski definition) is 1. The van der Waals surface area contributed by atoms with Crippen LogP contribution in [0.4, 0.5) is 0 Å². The van der Waals surface area contributed by atoms with E-state index in [1.54, 1.807) is 0 Å². The van der Waals surface area contributed by atoms with E-state index in [2.05, 4.69) is 29.3 Å². The molecule has 3 rings (SSSR count). The molecule has 1 atom stereocenters. The smallest absolute Gasteiger partial charge is 0.179 e. The lowest BCUT2D eigenvalue weighted by atomic mass is 9.97. The number of nitrogens with zero attached hydrogens (tertiary/aromatic N) is 1. The third-order valence-electron chi connectivity index (χ3n) is 4.99. The number of ketones is 1. The normalized spacial score (nSPS) is 24.3. The van der Waals surface area contributed by atoms with Crippen LogP contribution in [-0.4, -0.2) is 42.4 Å². The third-order valence-corrected chi connectivity index (χ3v) is 4.99. The summed E-state index contributed by atoms with van der Waals surface area (Å²) < 4.78 is 0. The first-order valence-corrected chi connectivity index (χ1v) is 8.39. The Labute approximate surface area is 127 Å². The maximum Gasteiger partial charge on any atom is 0.179 e. The lowest BCUT2D eigenvalue weighted by molar-refractivity contribution is 0.0783. The number of likely N-dealkylation sites (tertiary alicyclic amines) is 1. The van der Waals surface area contributed by atoms with E-state index in [-0.39, 0.29) is 6.04 Å². The molecule has 0 saturated carbocycles. The average Bonchev–Trinajstić information content (AvgIpc) is 3.04. The zero-order valence-corrected chi connectivity index (χ0v) is 13.0. The van der Waals surface area contributed by atoms with E-state index in [4.69, 9.17) is 0 Å². The van der Waals surface area contributed by atoms with Gasteiger partial charge in [0.2, 0.25) is 0 Å². The Kier molecular flexibility index (Phi) is 4.71. The lowest BCUT2D eigenvalue weighted by Crippen LogP contribution is -2.47. The topological polar surface area (TPSA) is 32.3 Å². The summed E-state index contributed by atoms with van der Waals surface area (Å²) in [6.45, 7) is 5.41. The molecule has 3 heteroatoms. The van der Waals surface area contributed by atoms with Crippen molar-refractivity contribution in [2.24, 2.45) is 0 Å². The van der Waals surface area contributed by atoms with Crippen molar-refractivity contribution >= 4 is 5.78 Å². The van der Waals surface area contributed by atoms with E-state index in [0.717, 1.165) is 44.5 Å². The molecule has 0 aliphatic carbocycles. The van der Waals surface area contributed by atoms with E-state index in [9.17, 15) is 4.79 Å². The largest absolute Gasteiger partial charge is 0.317 e. The molecule has 1 N–H and O–H groups in total. The molecule has 1 unspecified atom stereocenters. The van der Waals surface area contributed by atoms with Gasteiger partial charge in [-0.3, -0.25) is 9.69 Å². The van der Waals surface area contributed by atoms with Gasteiger partial charge in [-0.1, -0.05) is 25.1 Å². The number of nitrogens with one attached hydrogen (secondary N) is 1. The molecule has 2 saturated heterocycles.